The van der Waals surface area contributed by atoms with Gasteiger partial charge in [0.25, 0.3) is 0 Å². The fourth-order valence-electron chi connectivity index (χ4n) is 2.83. The molecule has 0 bridgehead atoms. The molecule has 140 valence electrons. The molecule has 2 rings (SSSR count). The SMILES string of the molecule is C[C@H]1CN(C(=O)OC(C)(C)C)CCN1CCCOc1cccc(I)c1. The van der Waals surface area contributed by atoms with Crippen molar-refractivity contribution >= 4 is 28.7 Å². The molecule has 1 amide bonds. The summed E-state index contributed by atoms with van der Waals surface area (Å²) in [5.41, 5.74) is -0.440. The molecule has 0 aliphatic carbocycles. The number of rotatable bonds is 5. The Kier molecular flexibility index (Phi) is 7.37. The van der Waals surface area contributed by atoms with Crippen LogP contribution in [0, 0.1) is 3.57 Å². The van der Waals surface area contributed by atoms with Gasteiger partial charge in [0.05, 0.1) is 6.61 Å². The maximum absolute atomic E-state index is 12.2. The Hall–Kier alpha value is -1.02. The number of ether oxygens (including phenoxy) is 2. The number of benzene rings is 1. The number of halogens is 1. The largest absolute Gasteiger partial charge is 0.494 e. The van der Waals surface area contributed by atoms with E-state index in [0.29, 0.717) is 19.2 Å². The summed E-state index contributed by atoms with van der Waals surface area (Å²) >= 11 is 2.29. The zero-order valence-electron chi connectivity index (χ0n) is 15.6. The maximum Gasteiger partial charge on any atom is 0.410 e. The quantitative estimate of drug-likeness (QED) is 0.492. The van der Waals surface area contributed by atoms with E-state index in [1.54, 1.807) is 0 Å². The van der Waals surface area contributed by atoms with Gasteiger partial charge in [-0.05, 0) is 74.9 Å². The minimum atomic E-state index is -0.440. The van der Waals surface area contributed by atoms with E-state index in [2.05, 4.69) is 40.5 Å². The summed E-state index contributed by atoms with van der Waals surface area (Å²) in [6.45, 7) is 11.9. The van der Waals surface area contributed by atoms with E-state index < -0.39 is 5.60 Å². The highest BCUT2D eigenvalue weighted by molar-refractivity contribution is 14.1. The summed E-state index contributed by atoms with van der Waals surface area (Å²) in [6.07, 6.45) is 0.767. The van der Waals surface area contributed by atoms with E-state index in [9.17, 15) is 4.79 Å². The monoisotopic (exact) mass is 460 g/mol. The number of nitrogens with zero attached hydrogens (tertiary/aromatic N) is 2. The van der Waals surface area contributed by atoms with Crippen LogP contribution in [-0.4, -0.2) is 60.3 Å². The molecule has 1 atom stereocenters. The van der Waals surface area contributed by atoms with Gasteiger partial charge in [0.1, 0.15) is 11.4 Å². The van der Waals surface area contributed by atoms with Crippen molar-refractivity contribution < 1.29 is 14.3 Å². The highest BCUT2D eigenvalue weighted by Gasteiger charge is 2.29. The lowest BCUT2D eigenvalue weighted by atomic mass is 10.2. The van der Waals surface area contributed by atoms with Crippen LogP contribution >= 0.6 is 22.6 Å². The highest BCUT2D eigenvalue weighted by Crippen LogP contribution is 2.17. The van der Waals surface area contributed by atoms with Crippen molar-refractivity contribution in [3.63, 3.8) is 0 Å². The lowest BCUT2D eigenvalue weighted by Crippen LogP contribution is -2.54. The van der Waals surface area contributed by atoms with Crippen molar-refractivity contribution in [1.29, 1.82) is 0 Å². The van der Waals surface area contributed by atoms with Gasteiger partial charge < -0.3 is 14.4 Å². The molecule has 1 heterocycles. The summed E-state index contributed by atoms with van der Waals surface area (Å²) in [7, 11) is 0. The van der Waals surface area contributed by atoms with Crippen LogP contribution in [0.2, 0.25) is 0 Å². The number of piperazine rings is 1. The third-order valence-corrected chi connectivity index (χ3v) is 4.74. The number of carbonyl (C=O) groups excluding carboxylic acids is 1. The van der Waals surface area contributed by atoms with Crippen molar-refractivity contribution in [2.45, 2.75) is 45.8 Å². The first-order valence-electron chi connectivity index (χ1n) is 8.85. The number of amides is 1. The van der Waals surface area contributed by atoms with Crippen LogP contribution < -0.4 is 4.74 Å². The van der Waals surface area contributed by atoms with Gasteiger partial charge >= 0.3 is 6.09 Å². The van der Waals surface area contributed by atoms with Gasteiger partial charge in [-0.2, -0.15) is 0 Å². The topological polar surface area (TPSA) is 42.0 Å². The van der Waals surface area contributed by atoms with Crippen LogP contribution in [0.1, 0.15) is 34.1 Å². The molecule has 1 aliphatic rings. The molecule has 1 saturated heterocycles. The van der Waals surface area contributed by atoms with E-state index in [4.69, 9.17) is 9.47 Å². The Bertz CT molecular complexity index is 574. The van der Waals surface area contributed by atoms with Crippen molar-refractivity contribution in [3.05, 3.63) is 27.8 Å². The average molecular weight is 460 g/mol. The van der Waals surface area contributed by atoms with Crippen LogP contribution in [0.25, 0.3) is 0 Å². The smallest absolute Gasteiger partial charge is 0.410 e. The van der Waals surface area contributed by atoms with Gasteiger partial charge in [0.2, 0.25) is 0 Å². The third kappa shape index (κ3) is 7.01. The zero-order chi connectivity index (χ0) is 18.4. The summed E-state index contributed by atoms with van der Waals surface area (Å²) in [5, 5.41) is 0. The molecule has 5 nitrogen and oxygen atoms in total. The molecule has 0 unspecified atom stereocenters. The van der Waals surface area contributed by atoms with Gasteiger partial charge in [0.15, 0.2) is 0 Å². The van der Waals surface area contributed by atoms with Crippen LogP contribution in [0.3, 0.4) is 0 Å². The molecule has 0 spiro atoms. The maximum atomic E-state index is 12.2. The van der Waals surface area contributed by atoms with Crippen LogP contribution in [-0.2, 0) is 4.74 Å². The molecule has 1 aliphatic heterocycles. The van der Waals surface area contributed by atoms with E-state index in [1.165, 1.54) is 3.57 Å². The van der Waals surface area contributed by atoms with Crippen molar-refractivity contribution in [2.24, 2.45) is 0 Å². The Morgan fingerprint density at radius 3 is 2.72 bits per heavy atom. The van der Waals surface area contributed by atoms with Crippen molar-refractivity contribution in [3.8, 4) is 5.75 Å². The second-order valence-electron chi connectivity index (χ2n) is 7.47. The second kappa shape index (κ2) is 9.07. The van der Waals surface area contributed by atoms with Gasteiger partial charge in [-0.1, -0.05) is 6.07 Å². The molecule has 0 radical (unpaired) electrons. The molecule has 1 fully saturated rings. The van der Waals surface area contributed by atoms with Crippen LogP contribution in [0.5, 0.6) is 5.75 Å². The summed E-state index contributed by atoms with van der Waals surface area (Å²) in [4.78, 5) is 16.4. The molecular weight excluding hydrogens is 431 g/mol. The first-order chi connectivity index (χ1) is 11.7. The molecule has 0 aromatic heterocycles. The first-order valence-corrected chi connectivity index (χ1v) is 9.93. The second-order valence-corrected chi connectivity index (χ2v) is 8.72. The lowest BCUT2D eigenvalue weighted by Gasteiger charge is -2.40. The molecule has 1 aromatic carbocycles. The number of hydrogen-bond acceptors (Lipinski definition) is 4. The first kappa shape index (κ1) is 20.3. The normalized spacial score (nSPS) is 18.9. The standard InChI is InChI=1S/C19H29IN2O3/c1-15-14-22(18(23)25-19(2,3)4)11-10-21(15)9-6-12-24-17-8-5-7-16(20)13-17/h5,7-8,13,15H,6,9-12,14H2,1-4H3/t15-/m0/s1. The van der Waals surface area contributed by atoms with E-state index in [-0.39, 0.29) is 6.09 Å². The molecule has 0 N–H and O–H groups in total. The van der Waals surface area contributed by atoms with Gasteiger partial charge in [0, 0.05) is 35.8 Å². The molecular formula is C19H29IN2O3. The van der Waals surface area contributed by atoms with Gasteiger partial charge in [-0.3, -0.25) is 4.90 Å². The summed E-state index contributed by atoms with van der Waals surface area (Å²) < 4.78 is 12.5. The summed E-state index contributed by atoms with van der Waals surface area (Å²) in [6, 6.07) is 8.43. The van der Waals surface area contributed by atoms with Crippen LogP contribution in [0.15, 0.2) is 24.3 Å². The highest BCUT2D eigenvalue weighted by atomic mass is 127. The minimum absolute atomic E-state index is 0.207. The van der Waals surface area contributed by atoms with Crippen molar-refractivity contribution in [2.75, 3.05) is 32.8 Å². The Balaban J connectivity index is 1.70. The lowest BCUT2D eigenvalue weighted by molar-refractivity contribution is 0.00524. The number of carbonyl (C=O) groups is 1. The van der Waals surface area contributed by atoms with E-state index in [1.807, 2.05) is 43.9 Å². The predicted molar refractivity (Wildman–Crippen MR) is 108 cm³/mol. The third-order valence-electron chi connectivity index (χ3n) is 4.07. The number of hydrogen-bond donors (Lipinski definition) is 0. The molecule has 6 heteroatoms. The average Bonchev–Trinajstić information content (AvgIpc) is 2.51. The Morgan fingerprint density at radius 2 is 2.08 bits per heavy atom. The van der Waals surface area contributed by atoms with E-state index in [0.717, 1.165) is 31.8 Å². The molecule has 25 heavy (non-hydrogen) atoms. The Labute approximate surface area is 164 Å². The molecule has 1 aromatic rings. The Morgan fingerprint density at radius 1 is 1.32 bits per heavy atom. The van der Waals surface area contributed by atoms with Gasteiger partial charge in [-0.15, -0.1) is 0 Å². The van der Waals surface area contributed by atoms with Gasteiger partial charge in [-0.25, -0.2) is 4.79 Å². The fraction of sp³-hybridized carbons (Fsp3) is 0.632. The van der Waals surface area contributed by atoms with Crippen LogP contribution in [0.4, 0.5) is 4.79 Å². The van der Waals surface area contributed by atoms with E-state index >= 15 is 0 Å². The summed E-state index contributed by atoms with van der Waals surface area (Å²) in [5.74, 6) is 0.926. The predicted octanol–water partition coefficient (Wildman–Crippen LogP) is 4.00. The van der Waals surface area contributed by atoms with Crippen molar-refractivity contribution in [1.82, 2.24) is 9.80 Å². The minimum Gasteiger partial charge on any atom is -0.494 e. The molecule has 0 saturated carbocycles. The fourth-order valence-corrected chi connectivity index (χ4v) is 3.35. The zero-order valence-corrected chi connectivity index (χ0v) is 17.8.